The molecule has 3 aromatic rings. The van der Waals surface area contributed by atoms with Crippen molar-refractivity contribution < 1.29 is 17.9 Å². The Morgan fingerprint density at radius 3 is 2.56 bits per heavy atom. The lowest BCUT2D eigenvalue weighted by Crippen LogP contribution is -2.12. The molecule has 0 spiro atoms. The van der Waals surface area contributed by atoms with E-state index in [4.69, 9.17) is 10.00 Å². The summed E-state index contributed by atoms with van der Waals surface area (Å²) in [5.41, 5.74) is 0.407. The van der Waals surface area contributed by atoms with Crippen LogP contribution in [0.2, 0.25) is 0 Å². The molecular weight excluding hydrogens is 357 g/mol. The zero-order valence-corrected chi connectivity index (χ0v) is 13.9. The van der Waals surface area contributed by atoms with Gasteiger partial charge in [-0.05, 0) is 23.8 Å². The van der Waals surface area contributed by atoms with Crippen molar-refractivity contribution in [1.29, 1.82) is 5.26 Å². The van der Waals surface area contributed by atoms with Gasteiger partial charge in [0, 0.05) is 11.9 Å². The smallest absolute Gasteiger partial charge is 0.421 e. The molecule has 0 fully saturated rings. The molecule has 3 rings (SSSR count). The van der Waals surface area contributed by atoms with Crippen LogP contribution < -0.4 is 10.1 Å². The van der Waals surface area contributed by atoms with E-state index in [1.165, 1.54) is 12.1 Å². The quantitative estimate of drug-likeness (QED) is 0.706. The highest BCUT2D eigenvalue weighted by atomic mass is 19.4. The van der Waals surface area contributed by atoms with Gasteiger partial charge >= 0.3 is 12.2 Å². The zero-order valence-electron chi connectivity index (χ0n) is 13.9. The Bertz CT molecular complexity index is 969. The van der Waals surface area contributed by atoms with Gasteiger partial charge in [-0.1, -0.05) is 36.4 Å². The molecule has 0 aliphatic carbocycles. The number of halogens is 3. The number of anilines is 2. The first kappa shape index (κ1) is 18.2. The first-order valence-electron chi connectivity index (χ1n) is 7.84. The second-order valence-corrected chi connectivity index (χ2v) is 5.50. The number of alkyl halides is 3. The van der Waals surface area contributed by atoms with Gasteiger partial charge < -0.3 is 10.1 Å². The van der Waals surface area contributed by atoms with E-state index in [1.807, 2.05) is 36.4 Å². The average Bonchev–Trinajstić information content (AvgIpc) is 2.66. The summed E-state index contributed by atoms with van der Waals surface area (Å²) < 4.78 is 45.2. The lowest BCUT2D eigenvalue weighted by Gasteiger charge is -2.14. The molecule has 27 heavy (non-hydrogen) atoms. The van der Waals surface area contributed by atoms with E-state index in [9.17, 15) is 13.2 Å². The van der Waals surface area contributed by atoms with Gasteiger partial charge in [-0.25, -0.2) is 4.98 Å². The topological polar surface area (TPSA) is 70.8 Å². The third kappa shape index (κ3) is 4.73. The SMILES string of the molecule is N#Cc1cccc(Nc2nc(OCc3ccccc3)ncc2C(F)(F)F)c1. The maximum absolute atomic E-state index is 13.3. The molecule has 1 heterocycles. The lowest BCUT2D eigenvalue weighted by atomic mass is 10.2. The van der Waals surface area contributed by atoms with Crippen LogP contribution in [0.25, 0.3) is 0 Å². The fraction of sp³-hybridized carbons (Fsp3) is 0.105. The summed E-state index contributed by atoms with van der Waals surface area (Å²) in [5.74, 6) is -0.448. The molecule has 0 bridgehead atoms. The van der Waals surface area contributed by atoms with Crippen LogP contribution in [0.4, 0.5) is 24.7 Å². The molecule has 0 unspecified atom stereocenters. The van der Waals surface area contributed by atoms with Crippen LogP contribution in [-0.4, -0.2) is 9.97 Å². The van der Waals surface area contributed by atoms with Crippen molar-refractivity contribution in [3.63, 3.8) is 0 Å². The molecule has 0 radical (unpaired) electrons. The number of hydrogen-bond donors (Lipinski definition) is 1. The van der Waals surface area contributed by atoms with E-state index in [1.54, 1.807) is 12.1 Å². The van der Waals surface area contributed by atoms with E-state index >= 15 is 0 Å². The van der Waals surface area contributed by atoms with Gasteiger partial charge in [0.1, 0.15) is 18.0 Å². The molecule has 2 aromatic carbocycles. The zero-order chi connectivity index (χ0) is 19.3. The summed E-state index contributed by atoms with van der Waals surface area (Å²) in [6.07, 6.45) is -3.98. The Hall–Kier alpha value is -3.60. The maximum atomic E-state index is 13.3. The van der Waals surface area contributed by atoms with E-state index in [2.05, 4.69) is 15.3 Å². The summed E-state index contributed by atoms with van der Waals surface area (Å²) in [4.78, 5) is 7.51. The van der Waals surface area contributed by atoms with Gasteiger partial charge in [-0.15, -0.1) is 0 Å². The predicted molar refractivity (Wildman–Crippen MR) is 92.2 cm³/mol. The van der Waals surface area contributed by atoms with E-state index < -0.39 is 17.6 Å². The summed E-state index contributed by atoms with van der Waals surface area (Å²) >= 11 is 0. The van der Waals surface area contributed by atoms with E-state index in [-0.39, 0.29) is 12.6 Å². The molecule has 136 valence electrons. The predicted octanol–water partition coefficient (Wildman–Crippen LogP) is 4.69. The normalized spacial score (nSPS) is 10.9. The Kier molecular flexibility index (Phi) is 5.22. The van der Waals surface area contributed by atoms with Gasteiger partial charge in [0.05, 0.1) is 11.6 Å². The number of rotatable bonds is 5. The Labute approximate surface area is 153 Å². The van der Waals surface area contributed by atoms with E-state index in [0.29, 0.717) is 17.4 Å². The summed E-state index contributed by atoms with van der Waals surface area (Å²) in [5, 5.41) is 11.5. The van der Waals surface area contributed by atoms with Crippen molar-refractivity contribution in [3.8, 4) is 12.1 Å². The van der Waals surface area contributed by atoms with Crippen LogP contribution in [-0.2, 0) is 12.8 Å². The highest BCUT2D eigenvalue weighted by Crippen LogP contribution is 2.35. The summed E-state index contributed by atoms with van der Waals surface area (Å²) in [7, 11) is 0. The molecule has 5 nitrogen and oxygen atoms in total. The first-order chi connectivity index (χ1) is 13.0. The van der Waals surface area contributed by atoms with Crippen molar-refractivity contribution in [2.75, 3.05) is 5.32 Å². The number of nitrogens with zero attached hydrogens (tertiary/aromatic N) is 3. The fourth-order valence-electron chi connectivity index (χ4n) is 2.26. The minimum atomic E-state index is -4.65. The third-order valence-corrected chi connectivity index (χ3v) is 3.54. The Balaban J connectivity index is 1.88. The Morgan fingerprint density at radius 1 is 1.07 bits per heavy atom. The van der Waals surface area contributed by atoms with Crippen LogP contribution in [0.5, 0.6) is 6.01 Å². The van der Waals surface area contributed by atoms with Crippen molar-refractivity contribution in [1.82, 2.24) is 9.97 Å². The highest BCUT2D eigenvalue weighted by Gasteiger charge is 2.35. The number of aromatic nitrogens is 2. The molecule has 0 saturated carbocycles. The van der Waals surface area contributed by atoms with Crippen LogP contribution in [0.3, 0.4) is 0 Å². The van der Waals surface area contributed by atoms with Crippen LogP contribution in [0.15, 0.2) is 60.8 Å². The summed E-state index contributed by atoms with van der Waals surface area (Å²) in [6.45, 7) is 0.121. The minimum absolute atomic E-state index is 0.121. The summed E-state index contributed by atoms with van der Waals surface area (Å²) in [6, 6.07) is 16.9. The number of nitrogens with one attached hydrogen (secondary N) is 1. The van der Waals surface area contributed by atoms with Gasteiger partial charge in [0.25, 0.3) is 0 Å². The van der Waals surface area contributed by atoms with Crippen molar-refractivity contribution in [2.45, 2.75) is 12.8 Å². The molecule has 0 saturated heterocycles. The van der Waals surface area contributed by atoms with Crippen LogP contribution in [0.1, 0.15) is 16.7 Å². The van der Waals surface area contributed by atoms with Crippen molar-refractivity contribution in [2.24, 2.45) is 0 Å². The molecular formula is C19H13F3N4O. The fourth-order valence-corrected chi connectivity index (χ4v) is 2.26. The molecule has 1 N–H and O–H groups in total. The second kappa shape index (κ2) is 7.74. The van der Waals surface area contributed by atoms with Crippen molar-refractivity contribution in [3.05, 3.63) is 77.5 Å². The number of benzene rings is 2. The Morgan fingerprint density at radius 2 is 1.85 bits per heavy atom. The largest absolute Gasteiger partial charge is 0.459 e. The molecule has 0 aliphatic heterocycles. The molecule has 0 atom stereocenters. The minimum Gasteiger partial charge on any atom is -0.459 e. The number of ether oxygens (including phenoxy) is 1. The average molecular weight is 370 g/mol. The monoisotopic (exact) mass is 370 g/mol. The first-order valence-corrected chi connectivity index (χ1v) is 7.84. The lowest BCUT2D eigenvalue weighted by molar-refractivity contribution is -0.137. The molecule has 0 amide bonds. The van der Waals surface area contributed by atoms with Crippen LogP contribution >= 0.6 is 0 Å². The third-order valence-electron chi connectivity index (χ3n) is 3.54. The van der Waals surface area contributed by atoms with Crippen LogP contribution in [0, 0.1) is 11.3 Å². The molecule has 8 heteroatoms. The molecule has 0 aliphatic rings. The highest BCUT2D eigenvalue weighted by molar-refractivity contribution is 5.61. The number of nitriles is 1. The maximum Gasteiger partial charge on any atom is 0.421 e. The second-order valence-electron chi connectivity index (χ2n) is 5.50. The number of hydrogen-bond acceptors (Lipinski definition) is 5. The standard InChI is InChI=1S/C19H13F3N4O/c20-19(21,22)16-11-24-18(27-12-13-5-2-1-3-6-13)26-17(16)25-15-8-4-7-14(9-15)10-23/h1-9,11H,12H2,(H,24,25,26). The van der Waals surface area contributed by atoms with Gasteiger partial charge in [-0.2, -0.15) is 23.4 Å². The van der Waals surface area contributed by atoms with Crippen molar-refractivity contribution >= 4 is 11.5 Å². The van der Waals surface area contributed by atoms with Gasteiger partial charge in [-0.3, -0.25) is 0 Å². The molecule has 1 aromatic heterocycles. The van der Waals surface area contributed by atoms with Gasteiger partial charge in [0.15, 0.2) is 0 Å². The van der Waals surface area contributed by atoms with E-state index in [0.717, 1.165) is 5.56 Å². The van der Waals surface area contributed by atoms with Gasteiger partial charge in [0.2, 0.25) is 0 Å².